The minimum Gasteiger partial charge on any atom is -0.463 e. The number of rotatable bonds is 2. The second kappa shape index (κ2) is 5.20. The molecular formula is C22H15NO. The summed E-state index contributed by atoms with van der Waals surface area (Å²) in [5, 5.41) is 0. The number of aromatic nitrogens is 1. The van der Waals surface area contributed by atoms with Crippen molar-refractivity contribution in [2.75, 3.05) is 0 Å². The summed E-state index contributed by atoms with van der Waals surface area (Å²) in [5.74, 6) is 0.805. The largest absolute Gasteiger partial charge is 0.463 e. The van der Waals surface area contributed by atoms with Gasteiger partial charge < -0.3 is 4.42 Å². The first-order chi connectivity index (χ1) is 11.9. The van der Waals surface area contributed by atoms with Gasteiger partial charge >= 0.3 is 0 Å². The van der Waals surface area contributed by atoms with Gasteiger partial charge in [0.1, 0.15) is 5.69 Å². The van der Waals surface area contributed by atoms with Crippen LogP contribution in [0.4, 0.5) is 0 Å². The van der Waals surface area contributed by atoms with Crippen molar-refractivity contribution in [3.63, 3.8) is 0 Å². The van der Waals surface area contributed by atoms with Crippen LogP contribution in [-0.2, 0) is 6.42 Å². The van der Waals surface area contributed by atoms with Crippen molar-refractivity contribution in [3.05, 3.63) is 90.2 Å². The maximum Gasteiger partial charge on any atom is 0.152 e. The Morgan fingerprint density at radius 2 is 1.62 bits per heavy atom. The monoisotopic (exact) mass is 309 g/mol. The van der Waals surface area contributed by atoms with Crippen molar-refractivity contribution in [2.24, 2.45) is 0 Å². The van der Waals surface area contributed by atoms with Gasteiger partial charge in [-0.05, 0) is 40.5 Å². The normalized spacial score (nSPS) is 12.0. The summed E-state index contributed by atoms with van der Waals surface area (Å²) in [6.45, 7) is 0. The summed E-state index contributed by atoms with van der Waals surface area (Å²) in [6, 6.07) is 25.1. The summed E-state index contributed by atoms with van der Waals surface area (Å²) < 4.78 is 5.60. The van der Waals surface area contributed by atoms with Crippen LogP contribution < -0.4 is 0 Å². The van der Waals surface area contributed by atoms with Crippen molar-refractivity contribution >= 4 is 0 Å². The highest BCUT2D eigenvalue weighted by molar-refractivity contribution is 5.85. The molecule has 2 heterocycles. The van der Waals surface area contributed by atoms with Crippen molar-refractivity contribution in [3.8, 4) is 33.8 Å². The maximum atomic E-state index is 5.60. The Morgan fingerprint density at radius 3 is 2.46 bits per heavy atom. The number of furan rings is 1. The van der Waals surface area contributed by atoms with Gasteiger partial charge in [-0.1, -0.05) is 54.6 Å². The molecule has 2 heteroatoms. The molecule has 0 radical (unpaired) electrons. The number of fused-ring (bicyclic) bond motifs is 3. The third-order valence-corrected chi connectivity index (χ3v) is 4.62. The van der Waals surface area contributed by atoms with Gasteiger partial charge in [-0.3, -0.25) is 0 Å². The molecule has 0 saturated heterocycles. The molecule has 2 aromatic heterocycles. The molecule has 24 heavy (non-hydrogen) atoms. The van der Waals surface area contributed by atoms with Crippen LogP contribution in [0.25, 0.3) is 33.8 Å². The van der Waals surface area contributed by atoms with E-state index in [0.717, 1.165) is 23.6 Å². The SMILES string of the molecule is c1ccc(-c2cc(-c3ccco3)nc3c2Cc2ccccc2-3)cc1. The van der Waals surface area contributed by atoms with E-state index < -0.39 is 0 Å². The van der Waals surface area contributed by atoms with E-state index in [-0.39, 0.29) is 0 Å². The predicted octanol–water partition coefficient (Wildman–Crippen LogP) is 5.58. The van der Waals surface area contributed by atoms with Gasteiger partial charge in [0.15, 0.2) is 5.76 Å². The third kappa shape index (κ3) is 2.00. The van der Waals surface area contributed by atoms with Crippen LogP contribution in [0.15, 0.2) is 83.5 Å². The fourth-order valence-corrected chi connectivity index (χ4v) is 3.50. The molecule has 114 valence electrons. The van der Waals surface area contributed by atoms with Crippen LogP contribution in [0, 0.1) is 0 Å². The Bertz CT molecular complexity index is 1020. The van der Waals surface area contributed by atoms with Crippen molar-refractivity contribution in [1.29, 1.82) is 0 Å². The smallest absolute Gasteiger partial charge is 0.152 e. The van der Waals surface area contributed by atoms with Gasteiger partial charge in [-0.2, -0.15) is 0 Å². The topological polar surface area (TPSA) is 26.0 Å². The summed E-state index contributed by atoms with van der Waals surface area (Å²) in [7, 11) is 0. The zero-order chi connectivity index (χ0) is 15.9. The second-order valence-corrected chi connectivity index (χ2v) is 6.06. The quantitative estimate of drug-likeness (QED) is 0.425. The van der Waals surface area contributed by atoms with Gasteiger partial charge in [0.2, 0.25) is 0 Å². The Morgan fingerprint density at radius 1 is 0.792 bits per heavy atom. The lowest BCUT2D eigenvalue weighted by Crippen LogP contribution is -1.93. The van der Waals surface area contributed by atoms with Crippen LogP contribution in [-0.4, -0.2) is 4.98 Å². The van der Waals surface area contributed by atoms with Gasteiger partial charge in [-0.25, -0.2) is 4.98 Å². The molecule has 5 rings (SSSR count). The van der Waals surface area contributed by atoms with Crippen molar-refractivity contribution in [2.45, 2.75) is 6.42 Å². The standard InChI is InChI=1S/C22H15NO/c1-2-7-15(8-3-1)18-14-20(21-11-6-12-24-21)23-22-17-10-5-4-9-16(17)13-19(18)22/h1-12,14H,13H2. The van der Waals surface area contributed by atoms with E-state index in [1.54, 1.807) is 6.26 Å². The molecule has 0 amide bonds. The van der Waals surface area contributed by atoms with Crippen LogP contribution in [0.2, 0.25) is 0 Å². The molecule has 1 aliphatic carbocycles. The number of hydrogen-bond donors (Lipinski definition) is 0. The lowest BCUT2D eigenvalue weighted by Gasteiger charge is -2.11. The zero-order valence-corrected chi connectivity index (χ0v) is 13.1. The molecule has 4 aromatic rings. The average molecular weight is 309 g/mol. The number of pyridine rings is 1. The third-order valence-electron chi connectivity index (χ3n) is 4.62. The van der Waals surface area contributed by atoms with Crippen molar-refractivity contribution < 1.29 is 4.42 Å². The van der Waals surface area contributed by atoms with Gasteiger partial charge in [-0.15, -0.1) is 0 Å². The summed E-state index contributed by atoms with van der Waals surface area (Å²) >= 11 is 0. The van der Waals surface area contributed by atoms with E-state index in [9.17, 15) is 0 Å². The van der Waals surface area contributed by atoms with Gasteiger partial charge in [0, 0.05) is 12.0 Å². The van der Waals surface area contributed by atoms with Gasteiger partial charge in [0.25, 0.3) is 0 Å². The molecule has 0 atom stereocenters. The molecule has 0 spiro atoms. The molecule has 0 saturated carbocycles. The number of nitrogens with zero attached hydrogens (tertiary/aromatic N) is 1. The Kier molecular flexibility index (Phi) is 2.89. The van der Waals surface area contributed by atoms with Gasteiger partial charge in [0.05, 0.1) is 12.0 Å². The first kappa shape index (κ1) is 13.3. The molecule has 0 bridgehead atoms. The van der Waals surface area contributed by atoms with E-state index in [1.165, 1.54) is 27.8 Å². The number of hydrogen-bond acceptors (Lipinski definition) is 2. The van der Waals surface area contributed by atoms with Crippen LogP contribution >= 0.6 is 0 Å². The minimum absolute atomic E-state index is 0.805. The van der Waals surface area contributed by atoms with Crippen LogP contribution in [0.1, 0.15) is 11.1 Å². The fourth-order valence-electron chi connectivity index (χ4n) is 3.50. The summed E-state index contributed by atoms with van der Waals surface area (Å²) in [6.07, 6.45) is 2.63. The average Bonchev–Trinajstić information content (AvgIpc) is 3.29. The van der Waals surface area contributed by atoms with Crippen molar-refractivity contribution in [1.82, 2.24) is 4.98 Å². The van der Waals surface area contributed by atoms with Crippen LogP contribution in [0.5, 0.6) is 0 Å². The molecule has 2 aromatic carbocycles. The molecule has 0 fully saturated rings. The maximum absolute atomic E-state index is 5.60. The Hall–Kier alpha value is -3.13. The van der Waals surface area contributed by atoms with E-state index >= 15 is 0 Å². The molecule has 0 N–H and O–H groups in total. The second-order valence-electron chi connectivity index (χ2n) is 6.06. The molecule has 0 aliphatic heterocycles. The van der Waals surface area contributed by atoms with E-state index in [0.29, 0.717) is 0 Å². The zero-order valence-electron chi connectivity index (χ0n) is 13.1. The highest BCUT2D eigenvalue weighted by Crippen LogP contribution is 2.42. The highest BCUT2D eigenvalue weighted by atomic mass is 16.3. The predicted molar refractivity (Wildman–Crippen MR) is 95.6 cm³/mol. The van der Waals surface area contributed by atoms with E-state index in [1.807, 2.05) is 18.2 Å². The Labute approximate surface area is 140 Å². The molecule has 2 nitrogen and oxygen atoms in total. The van der Waals surface area contributed by atoms with Crippen LogP contribution in [0.3, 0.4) is 0 Å². The van der Waals surface area contributed by atoms with E-state index in [4.69, 9.17) is 9.40 Å². The lowest BCUT2D eigenvalue weighted by molar-refractivity contribution is 0.580. The summed E-state index contributed by atoms with van der Waals surface area (Å²) in [5.41, 5.74) is 8.30. The number of benzene rings is 2. The first-order valence-corrected chi connectivity index (χ1v) is 8.11. The molecular weight excluding hydrogens is 294 g/mol. The molecule has 0 unspecified atom stereocenters. The summed E-state index contributed by atoms with van der Waals surface area (Å²) in [4.78, 5) is 4.93. The first-order valence-electron chi connectivity index (χ1n) is 8.11. The highest BCUT2D eigenvalue weighted by Gasteiger charge is 2.24. The molecule has 1 aliphatic rings. The minimum atomic E-state index is 0.805. The van der Waals surface area contributed by atoms with E-state index in [2.05, 4.69) is 54.6 Å². The Balaban J connectivity index is 1.81. The fraction of sp³-hybridized carbons (Fsp3) is 0.0455. The lowest BCUT2D eigenvalue weighted by atomic mass is 9.97.